The van der Waals surface area contributed by atoms with Gasteiger partial charge in [-0.15, -0.1) is 11.3 Å². The van der Waals surface area contributed by atoms with Gasteiger partial charge < -0.3 is 10.0 Å². The summed E-state index contributed by atoms with van der Waals surface area (Å²) < 4.78 is 1.55. The molecule has 1 saturated heterocycles. The first-order valence-corrected chi connectivity index (χ1v) is 12.0. The number of hydrogen-bond acceptors (Lipinski definition) is 8. The van der Waals surface area contributed by atoms with Crippen LogP contribution >= 0.6 is 11.3 Å². The maximum Gasteiger partial charge on any atom is 0.341 e. The summed E-state index contributed by atoms with van der Waals surface area (Å²) >= 11 is 1.32. The van der Waals surface area contributed by atoms with Gasteiger partial charge in [-0.05, 0) is 50.1 Å². The van der Waals surface area contributed by atoms with E-state index in [1.165, 1.54) is 17.5 Å². The summed E-state index contributed by atoms with van der Waals surface area (Å²) in [5, 5.41) is 12.1. The lowest BCUT2D eigenvalue weighted by Crippen LogP contribution is -2.51. The average Bonchev–Trinajstić information content (AvgIpc) is 3.26. The van der Waals surface area contributed by atoms with Crippen molar-refractivity contribution in [2.75, 3.05) is 18.0 Å². The first-order chi connectivity index (χ1) is 16.7. The van der Waals surface area contributed by atoms with E-state index >= 15 is 0 Å². The SMILES string of the molecule is Cc1cc(C)nc(CC(=O)C2CN(c3cc(C)c4c(=O)c(C(=O)O)cn(-c5nccs5)c4n3)C2)c1. The number of carboxylic acids is 1. The minimum Gasteiger partial charge on any atom is -0.477 e. The van der Waals surface area contributed by atoms with Gasteiger partial charge in [-0.25, -0.2) is 14.8 Å². The van der Waals surface area contributed by atoms with Crippen LogP contribution in [0.15, 0.2) is 40.8 Å². The van der Waals surface area contributed by atoms with Gasteiger partial charge in [0.15, 0.2) is 10.8 Å². The largest absolute Gasteiger partial charge is 0.477 e. The van der Waals surface area contributed by atoms with Crippen molar-refractivity contribution in [2.24, 2.45) is 5.92 Å². The molecule has 9 nitrogen and oxygen atoms in total. The highest BCUT2D eigenvalue weighted by molar-refractivity contribution is 7.12. The summed E-state index contributed by atoms with van der Waals surface area (Å²) in [6.45, 7) is 6.73. The molecule has 1 aliphatic rings. The Hall–Kier alpha value is -3.92. The Morgan fingerprint density at radius 2 is 1.91 bits per heavy atom. The molecule has 5 rings (SSSR count). The number of hydrogen-bond donors (Lipinski definition) is 1. The molecular formula is C25H23N5O4S. The molecule has 0 aromatic carbocycles. The molecule has 1 N–H and O–H groups in total. The third-order valence-electron chi connectivity index (χ3n) is 6.16. The summed E-state index contributed by atoms with van der Waals surface area (Å²) in [5.74, 6) is -0.641. The highest BCUT2D eigenvalue weighted by Gasteiger charge is 2.34. The van der Waals surface area contributed by atoms with Crippen LogP contribution in [0.2, 0.25) is 0 Å². The van der Waals surface area contributed by atoms with Gasteiger partial charge in [-0.3, -0.25) is 19.1 Å². The number of carboxylic acid groups (broad SMARTS) is 1. The Labute approximate surface area is 204 Å². The number of carbonyl (C=O) groups is 2. The molecule has 10 heteroatoms. The van der Waals surface area contributed by atoms with E-state index in [9.17, 15) is 19.5 Å². The van der Waals surface area contributed by atoms with Crippen LogP contribution in [0, 0.1) is 26.7 Å². The third kappa shape index (κ3) is 4.21. The molecule has 0 unspecified atom stereocenters. The van der Waals surface area contributed by atoms with Gasteiger partial charge in [-0.1, -0.05) is 0 Å². The normalized spacial score (nSPS) is 13.7. The minimum atomic E-state index is -1.30. The monoisotopic (exact) mass is 489 g/mol. The smallest absolute Gasteiger partial charge is 0.341 e. The molecule has 178 valence electrons. The number of ketones is 1. The fourth-order valence-electron chi connectivity index (χ4n) is 4.48. The van der Waals surface area contributed by atoms with E-state index in [0.29, 0.717) is 41.7 Å². The van der Waals surface area contributed by atoms with E-state index < -0.39 is 11.4 Å². The molecule has 4 aromatic heterocycles. The van der Waals surface area contributed by atoms with Crippen LogP contribution in [-0.4, -0.2) is 49.5 Å². The molecular weight excluding hydrogens is 466 g/mol. The molecule has 0 bridgehead atoms. The van der Waals surface area contributed by atoms with Crippen molar-refractivity contribution >= 4 is 39.9 Å². The molecule has 1 fully saturated rings. The zero-order chi connectivity index (χ0) is 24.9. The van der Waals surface area contributed by atoms with E-state index in [1.54, 1.807) is 29.1 Å². The number of anilines is 1. The topological polar surface area (TPSA) is 118 Å². The second-order valence-corrected chi connectivity index (χ2v) is 9.75. The van der Waals surface area contributed by atoms with E-state index in [1.807, 2.05) is 30.9 Å². The summed E-state index contributed by atoms with van der Waals surface area (Å²) in [6, 6.07) is 5.70. The molecule has 0 aliphatic carbocycles. The second-order valence-electron chi connectivity index (χ2n) is 8.88. The number of fused-ring (bicyclic) bond motifs is 1. The number of aromatic nitrogens is 4. The molecule has 1 aliphatic heterocycles. The van der Waals surface area contributed by atoms with Crippen LogP contribution in [0.25, 0.3) is 16.2 Å². The Morgan fingerprint density at radius 3 is 2.57 bits per heavy atom. The van der Waals surface area contributed by atoms with Gasteiger partial charge in [0.25, 0.3) is 0 Å². The van der Waals surface area contributed by atoms with Gasteiger partial charge in [0.2, 0.25) is 5.43 Å². The predicted octanol–water partition coefficient (Wildman–Crippen LogP) is 3.11. The summed E-state index contributed by atoms with van der Waals surface area (Å²) in [4.78, 5) is 52.9. The Morgan fingerprint density at radius 1 is 1.14 bits per heavy atom. The van der Waals surface area contributed by atoms with Crippen molar-refractivity contribution in [2.45, 2.75) is 27.2 Å². The Balaban J connectivity index is 1.45. The minimum absolute atomic E-state index is 0.119. The van der Waals surface area contributed by atoms with Crippen LogP contribution in [0.1, 0.15) is 32.9 Å². The molecule has 4 aromatic rings. The van der Waals surface area contributed by atoms with Crippen LogP contribution in [-0.2, 0) is 11.2 Å². The van der Waals surface area contributed by atoms with Crippen molar-refractivity contribution < 1.29 is 14.7 Å². The van der Waals surface area contributed by atoms with Crippen molar-refractivity contribution in [1.82, 2.24) is 19.5 Å². The quantitative estimate of drug-likeness (QED) is 0.439. The highest BCUT2D eigenvalue weighted by atomic mass is 32.1. The fraction of sp³-hybridized carbons (Fsp3) is 0.280. The number of Topliss-reactive ketones (excluding diaryl/α,β-unsaturated/α-hetero) is 1. The van der Waals surface area contributed by atoms with E-state index in [2.05, 4.69) is 9.97 Å². The molecule has 35 heavy (non-hydrogen) atoms. The first kappa shape index (κ1) is 22.9. The summed E-state index contributed by atoms with van der Waals surface area (Å²) in [7, 11) is 0. The van der Waals surface area contributed by atoms with Crippen molar-refractivity contribution in [1.29, 1.82) is 0 Å². The third-order valence-corrected chi connectivity index (χ3v) is 6.94. The van der Waals surface area contributed by atoms with Gasteiger partial charge >= 0.3 is 5.97 Å². The van der Waals surface area contributed by atoms with Crippen molar-refractivity contribution in [3.8, 4) is 5.13 Å². The van der Waals surface area contributed by atoms with Gasteiger partial charge in [0.05, 0.1) is 11.3 Å². The van der Waals surface area contributed by atoms with Gasteiger partial charge in [0, 0.05) is 48.7 Å². The van der Waals surface area contributed by atoms with Crippen LogP contribution in [0.3, 0.4) is 0 Å². The molecule has 0 saturated carbocycles. The molecule has 0 amide bonds. The fourth-order valence-corrected chi connectivity index (χ4v) is 5.10. The molecule has 0 atom stereocenters. The lowest BCUT2D eigenvalue weighted by molar-refractivity contribution is -0.123. The van der Waals surface area contributed by atoms with E-state index in [-0.39, 0.29) is 22.7 Å². The number of aromatic carboxylic acids is 1. The van der Waals surface area contributed by atoms with Crippen LogP contribution in [0.4, 0.5) is 5.82 Å². The Kier molecular flexibility index (Phi) is 5.68. The lowest BCUT2D eigenvalue weighted by atomic mass is 9.92. The standard InChI is InChI=1S/C25H23N5O4S/c1-13-6-15(3)27-17(7-13)9-19(31)16-10-29(11-16)20-8-14(2)21-22(32)18(24(33)34)12-30(23(21)28-20)25-26-4-5-35-25/h4-8,12,16H,9-11H2,1-3H3,(H,33,34). The predicted molar refractivity (Wildman–Crippen MR) is 133 cm³/mol. The van der Waals surface area contributed by atoms with E-state index in [4.69, 9.17) is 4.98 Å². The number of pyridine rings is 3. The number of carbonyl (C=O) groups excluding carboxylic acids is 1. The zero-order valence-corrected chi connectivity index (χ0v) is 20.3. The number of rotatable bonds is 6. The number of aryl methyl sites for hydroxylation is 3. The van der Waals surface area contributed by atoms with Crippen molar-refractivity contribution in [3.05, 3.63) is 74.3 Å². The molecule has 0 spiro atoms. The maximum absolute atomic E-state index is 12.9. The maximum atomic E-state index is 12.9. The second kappa shape index (κ2) is 8.70. The Bertz CT molecular complexity index is 1520. The summed E-state index contributed by atoms with van der Waals surface area (Å²) in [5.41, 5.74) is 2.83. The first-order valence-electron chi connectivity index (χ1n) is 11.1. The highest BCUT2D eigenvalue weighted by Crippen LogP contribution is 2.29. The van der Waals surface area contributed by atoms with E-state index in [0.717, 1.165) is 17.0 Å². The zero-order valence-electron chi connectivity index (χ0n) is 19.5. The number of nitrogens with zero attached hydrogens (tertiary/aromatic N) is 5. The average molecular weight is 490 g/mol. The lowest BCUT2D eigenvalue weighted by Gasteiger charge is -2.39. The summed E-state index contributed by atoms with van der Waals surface area (Å²) in [6.07, 6.45) is 3.19. The van der Waals surface area contributed by atoms with Gasteiger partial charge in [-0.2, -0.15) is 0 Å². The van der Waals surface area contributed by atoms with Crippen LogP contribution in [0.5, 0.6) is 0 Å². The molecule has 0 radical (unpaired) electrons. The van der Waals surface area contributed by atoms with Crippen molar-refractivity contribution in [3.63, 3.8) is 0 Å². The van der Waals surface area contributed by atoms with Crippen LogP contribution < -0.4 is 10.3 Å². The molecule has 5 heterocycles. The van der Waals surface area contributed by atoms with Gasteiger partial charge in [0.1, 0.15) is 17.2 Å². The number of thiazole rings is 1.